The van der Waals surface area contributed by atoms with Gasteiger partial charge in [-0.1, -0.05) is 18.6 Å². The van der Waals surface area contributed by atoms with Crippen LogP contribution in [0.5, 0.6) is 0 Å². The number of anilines is 1. The zero-order valence-electron chi connectivity index (χ0n) is 20.8. The number of benzene rings is 1. The smallest absolute Gasteiger partial charge is 0.331 e. The summed E-state index contributed by atoms with van der Waals surface area (Å²) in [6.07, 6.45) is 6.88. The van der Waals surface area contributed by atoms with E-state index in [0.717, 1.165) is 67.9 Å². The highest BCUT2D eigenvalue weighted by Crippen LogP contribution is 2.39. The van der Waals surface area contributed by atoms with E-state index >= 15 is 0 Å². The fraction of sp³-hybridized carbons (Fsp3) is 0.500. The van der Waals surface area contributed by atoms with Gasteiger partial charge in [0.15, 0.2) is 0 Å². The van der Waals surface area contributed by atoms with Crippen LogP contribution in [-0.2, 0) is 4.79 Å². The minimum absolute atomic E-state index is 0.0613. The Hall–Kier alpha value is -3.33. The standard InChI is InChI=1S/C26H35N7O2/c1-17-5-7-20(18(2)13-17)24-25(27-15-23(34)32-10-4-9-31(3)11-12-32)30-26(35)33(24)19-6-8-21-22(14-19)29-16-28-21/h6,8,13-14,16,18,20,27H,4-5,7,9-12,15H2,1-3H3,(H,28,29)(H,30,35). The molecule has 2 atom stereocenters. The van der Waals surface area contributed by atoms with Crippen LogP contribution in [0.1, 0.15) is 44.7 Å². The summed E-state index contributed by atoms with van der Waals surface area (Å²) in [7, 11) is 2.09. The molecule has 1 fully saturated rings. The molecule has 9 heteroatoms. The molecule has 3 N–H and O–H groups in total. The Labute approximate surface area is 205 Å². The summed E-state index contributed by atoms with van der Waals surface area (Å²) in [5.74, 6) is 1.13. The summed E-state index contributed by atoms with van der Waals surface area (Å²) in [4.78, 5) is 41.0. The SMILES string of the molecule is CC1=CC(C)C(c2c(NCC(=O)N3CCCN(C)CC3)[nH]c(=O)n2-c2ccc3nc[nH]c3c2)CC1. The number of rotatable bonds is 5. The molecule has 2 aliphatic rings. The predicted octanol–water partition coefficient (Wildman–Crippen LogP) is 3.08. The van der Waals surface area contributed by atoms with E-state index in [1.807, 2.05) is 23.1 Å². The van der Waals surface area contributed by atoms with Gasteiger partial charge in [-0.25, -0.2) is 9.78 Å². The summed E-state index contributed by atoms with van der Waals surface area (Å²) in [6, 6.07) is 5.81. The van der Waals surface area contributed by atoms with E-state index in [4.69, 9.17) is 0 Å². The second kappa shape index (κ2) is 9.73. The third-order valence-electron chi connectivity index (χ3n) is 7.47. The summed E-state index contributed by atoms with van der Waals surface area (Å²) in [5.41, 5.74) is 4.61. The molecule has 2 unspecified atom stereocenters. The maximum absolute atomic E-state index is 13.3. The first-order valence-corrected chi connectivity index (χ1v) is 12.6. The van der Waals surface area contributed by atoms with E-state index in [1.165, 1.54) is 5.57 Å². The first-order valence-electron chi connectivity index (χ1n) is 12.6. The lowest BCUT2D eigenvalue weighted by molar-refractivity contribution is -0.129. The van der Waals surface area contributed by atoms with Crippen molar-refractivity contribution in [2.45, 2.75) is 39.0 Å². The Balaban J connectivity index is 1.48. The summed E-state index contributed by atoms with van der Waals surface area (Å²) in [5, 5.41) is 3.31. The van der Waals surface area contributed by atoms with Crippen LogP contribution in [0, 0.1) is 5.92 Å². The number of carbonyl (C=O) groups is 1. The Morgan fingerprint density at radius 1 is 1.23 bits per heavy atom. The van der Waals surface area contributed by atoms with E-state index in [2.05, 4.69) is 52.1 Å². The van der Waals surface area contributed by atoms with Crippen LogP contribution in [0.25, 0.3) is 16.7 Å². The minimum atomic E-state index is -0.205. The van der Waals surface area contributed by atoms with E-state index in [0.29, 0.717) is 5.82 Å². The topological polar surface area (TPSA) is 102 Å². The number of nitrogens with one attached hydrogen (secondary N) is 3. The number of aromatic amines is 2. The van der Waals surface area contributed by atoms with Crippen molar-refractivity contribution in [1.82, 2.24) is 29.3 Å². The first-order chi connectivity index (χ1) is 16.9. The molecule has 5 rings (SSSR count). The number of likely N-dealkylation sites (N-methyl/N-ethyl adjacent to an activating group) is 1. The number of imidazole rings is 2. The number of hydrogen-bond acceptors (Lipinski definition) is 5. The molecule has 1 aliphatic heterocycles. The Bertz CT molecular complexity index is 1300. The molecule has 1 aromatic carbocycles. The average Bonchev–Trinajstić information content (AvgIpc) is 3.35. The van der Waals surface area contributed by atoms with Gasteiger partial charge in [0.1, 0.15) is 5.82 Å². The first kappa shape index (κ1) is 23.4. The van der Waals surface area contributed by atoms with Crippen LogP contribution in [0.3, 0.4) is 0 Å². The number of fused-ring (bicyclic) bond motifs is 1. The van der Waals surface area contributed by atoms with Crippen molar-refractivity contribution in [2.75, 3.05) is 45.1 Å². The van der Waals surface area contributed by atoms with Crippen LogP contribution < -0.4 is 11.0 Å². The van der Waals surface area contributed by atoms with Crippen molar-refractivity contribution in [2.24, 2.45) is 5.92 Å². The average molecular weight is 478 g/mol. The molecule has 1 amide bonds. The van der Waals surface area contributed by atoms with E-state index in [-0.39, 0.29) is 30.0 Å². The number of nitrogens with zero attached hydrogens (tertiary/aromatic N) is 4. The fourth-order valence-electron chi connectivity index (χ4n) is 5.50. The molecular weight excluding hydrogens is 442 g/mol. The van der Waals surface area contributed by atoms with Crippen molar-refractivity contribution < 1.29 is 4.79 Å². The second-order valence-corrected chi connectivity index (χ2v) is 10.0. The maximum Gasteiger partial charge on any atom is 0.331 e. The zero-order chi connectivity index (χ0) is 24.5. The highest BCUT2D eigenvalue weighted by Gasteiger charge is 2.30. The Morgan fingerprint density at radius 3 is 2.91 bits per heavy atom. The minimum Gasteiger partial charge on any atom is -0.361 e. The highest BCUT2D eigenvalue weighted by atomic mass is 16.2. The molecule has 0 radical (unpaired) electrons. The van der Waals surface area contributed by atoms with E-state index in [1.54, 1.807) is 10.9 Å². The predicted molar refractivity (Wildman–Crippen MR) is 138 cm³/mol. The third-order valence-corrected chi connectivity index (χ3v) is 7.47. The van der Waals surface area contributed by atoms with Gasteiger partial charge in [-0.3, -0.25) is 14.3 Å². The zero-order valence-corrected chi connectivity index (χ0v) is 20.8. The monoisotopic (exact) mass is 477 g/mol. The molecular formula is C26H35N7O2. The van der Waals surface area contributed by atoms with Gasteiger partial charge in [-0.15, -0.1) is 0 Å². The lowest BCUT2D eigenvalue weighted by Gasteiger charge is -2.29. The normalized spacial score (nSPS) is 21.7. The van der Waals surface area contributed by atoms with Crippen molar-refractivity contribution in [1.29, 1.82) is 0 Å². The van der Waals surface area contributed by atoms with Gasteiger partial charge >= 0.3 is 5.69 Å². The van der Waals surface area contributed by atoms with E-state index in [9.17, 15) is 9.59 Å². The van der Waals surface area contributed by atoms with Crippen LogP contribution in [-0.4, -0.2) is 75.0 Å². The van der Waals surface area contributed by atoms with Crippen LogP contribution in [0.15, 0.2) is 41.0 Å². The molecule has 3 heterocycles. The summed E-state index contributed by atoms with van der Waals surface area (Å²) in [6.45, 7) is 7.91. The van der Waals surface area contributed by atoms with Crippen LogP contribution >= 0.6 is 0 Å². The molecule has 186 valence electrons. The largest absolute Gasteiger partial charge is 0.361 e. The molecule has 0 spiro atoms. The van der Waals surface area contributed by atoms with E-state index < -0.39 is 0 Å². The highest BCUT2D eigenvalue weighted by molar-refractivity contribution is 5.81. The molecule has 1 saturated heterocycles. The molecule has 0 saturated carbocycles. The number of hydrogen-bond donors (Lipinski definition) is 3. The van der Waals surface area contributed by atoms with Crippen LogP contribution in [0.4, 0.5) is 5.82 Å². The van der Waals surface area contributed by atoms with Crippen LogP contribution in [0.2, 0.25) is 0 Å². The quantitative estimate of drug-likeness (QED) is 0.490. The lowest BCUT2D eigenvalue weighted by atomic mass is 9.80. The number of H-pyrrole nitrogens is 2. The number of allylic oxidation sites excluding steroid dienone is 2. The van der Waals surface area contributed by atoms with Gasteiger partial charge in [-0.2, -0.15) is 0 Å². The second-order valence-electron chi connectivity index (χ2n) is 10.0. The van der Waals surface area contributed by atoms with Gasteiger partial charge < -0.3 is 20.1 Å². The van der Waals surface area contributed by atoms with Gasteiger partial charge in [0.2, 0.25) is 5.91 Å². The van der Waals surface area contributed by atoms with Crippen molar-refractivity contribution in [3.05, 3.63) is 52.4 Å². The van der Waals surface area contributed by atoms with Crippen molar-refractivity contribution in [3.63, 3.8) is 0 Å². The molecule has 9 nitrogen and oxygen atoms in total. The summed E-state index contributed by atoms with van der Waals surface area (Å²) < 4.78 is 1.77. The number of carbonyl (C=O) groups excluding carboxylic acids is 1. The molecule has 0 bridgehead atoms. The Morgan fingerprint density at radius 2 is 2.09 bits per heavy atom. The summed E-state index contributed by atoms with van der Waals surface area (Å²) >= 11 is 0. The van der Waals surface area contributed by atoms with Gasteiger partial charge in [0, 0.05) is 25.6 Å². The molecule has 2 aromatic heterocycles. The van der Waals surface area contributed by atoms with Gasteiger partial charge in [0.05, 0.1) is 35.3 Å². The molecule has 3 aromatic rings. The van der Waals surface area contributed by atoms with Gasteiger partial charge in [0.25, 0.3) is 0 Å². The number of amides is 1. The molecule has 1 aliphatic carbocycles. The maximum atomic E-state index is 13.3. The van der Waals surface area contributed by atoms with Crippen molar-refractivity contribution >= 4 is 22.8 Å². The van der Waals surface area contributed by atoms with Crippen molar-refractivity contribution in [3.8, 4) is 5.69 Å². The van der Waals surface area contributed by atoms with Gasteiger partial charge in [-0.05, 0) is 63.9 Å². The third kappa shape index (κ3) is 4.77. The molecule has 35 heavy (non-hydrogen) atoms. The fourth-order valence-corrected chi connectivity index (χ4v) is 5.50. The lowest BCUT2D eigenvalue weighted by Crippen LogP contribution is -2.38. The Kier molecular flexibility index (Phi) is 6.51. The number of aromatic nitrogens is 4.